The molecule has 3 saturated heterocycles. The number of hydrogen-bond donors (Lipinski definition) is 2. The van der Waals surface area contributed by atoms with E-state index in [9.17, 15) is 19.2 Å². The Kier molecular flexibility index (Phi) is 5.31. The van der Waals surface area contributed by atoms with Gasteiger partial charge in [0.25, 0.3) is 0 Å². The van der Waals surface area contributed by atoms with E-state index in [0.29, 0.717) is 5.56 Å². The third-order valence-electron chi connectivity index (χ3n) is 7.42. The number of urea groups is 1. The highest BCUT2D eigenvalue weighted by atomic mass is 19.1. The predicted molar refractivity (Wildman–Crippen MR) is 126 cm³/mol. The Morgan fingerprint density at radius 2 is 1.97 bits per heavy atom. The molecule has 0 bridgehead atoms. The van der Waals surface area contributed by atoms with Gasteiger partial charge in [-0.25, -0.2) is 18.9 Å². The standard InChI is InChI=1S/C23H23FN6O8/c1-9-7-29-15-11(5-23(17(29)10(2)37-9)19(31)26-21(33)27-20(23)32)4-13-16(14(15)24)38-28-18(13)30-12(6-25-35-3)8-36-22(30)34/h4,6,9-10,12,17H,5,7-8H2,1-3H3,(H2,26,27,31,32,33)/t9-,10+,12+,17-/m1/s1. The summed E-state index contributed by atoms with van der Waals surface area (Å²) in [7, 11) is 1.34. The van der Waals surface area contributed by atoms with Crippen LogP contribution in [0.25, 0.3) is 11.0 Å². The number of halogens is 1. The number of morpholine rings is 1. The van der Waals surface area contributed by atoms with Gasteiger partial charge in [0, 0.05) is 13.0 Å². The van der Waals surface area contributed by atoms with Crippen molar-refractivity contribution >= 4 is 52.6 Å². The fourth-order valence-electron chi connectivity index (χ4n) is 6.03. The molecular weight excluding hydrogens is 507 g/mol. The highest BCUT2D eigenvalue weighted by Crippen LogP contribution is 2.50. The fraction of sp³-hybridized carbons (Fsp3) is 0.478. The summed E-state index contributed by atoms with van der Waals surface area (Å²) >= 11 is 0. The number of aromatic nitrogens is 1. The van der Waals surface area contributed by atoms with Crippen LogP contribution < -0.4 is 20.4 Å². The van der Waals surface area contributed by atoms with Crippen molar-refractivity contribution in [2.75, 3.05) is 30.1 Å². The minimum atomic E-state index is -1.79. The second-order valence-corrected chi connectivity index (χ2v) is 9.67. The molecule has 1 spiro atoms. The number of barbiturate groups is 1. The van der Waals surface area contributed by atoms with Crippen molar-refractivity contribution in [2.45, 2.75) is 44.6 Å². The average molecular weight is 530 g/mol. The summed E-state index contributed by atoms with van der Waals surface area (Å²) in [6, 6.07) is -1.01. The van der Waals surface area contributed by atoms with Crippen LogP contribution in [-0.2, 0) is 30.3 Å². The molecule has 1 aromatic heterocycles. The first-order valence-electron chi connectivity index (χ1n) is 11.9. The van der Waals surface area contributed by atoms with Gasteiger partial charge in [-0.15, -0.1) is 0 Å². The van der Waals surface area contributed by atoms with E-state index in [1.807, 2.05) is 0 Å². The lowest BCUT2D eigenvalue weighted by atomic mass is 9.66. The zero-order chi connectivity index (χ0) is 26.9. The number of imide groups is 2. The molecule has 0 saturated carbocycles. The van der Waals surface area contributed by atoms with Crippen LogP contribution in [0.3, 0.4) is 0 Å². The van der Waals surface area contributed by atoms with Gasteiger partial charge >= 0.3 is 12.1 Å². The van der Waals surface area contributed by atoms with Crippen LogP contribution in [0, 0.1) is 11.2 Å². The molecule has 2 N–H and O–H groups in total. The number of carbonyl (C=O) groups is 4. The van der Waals surface area contributed by atoms with Crippen LogP contribution in [0.15, 0.2) is 15.7 Å². The van der Waals surface area contributed by atoms with Crippen molar-refractivity contribution in [3.05, 3.63) is 17.4 Å². The van der Waals surface area contributed by atoms with Crippen molar-refractivity contribution in [1.29, 1.82) is 0 Å². The van der Waals surface area contributed by atoms with Crippen molar-refractivity contribution in [2.24, 2.45) is 10.6 Å². The quantitative estimate of drug-likeness (QED) is 0.330. The van der Waals surface area contributed by atoms with E-state index in [2.05, 4.69) is 20.9 Å². The van der Waals surface area contributed by atoms with Gasteiger partial charge in [-0.1, -0.05) is 10.3 Å². The van der Waals surface area contributed by atoms with Crippen molar-refractivity contribution in [1.82, 2.24) is 15.8 Å². The molecule has 1 aromatic carbocycles. The summed E-state index contributed by atoms with van der Waals surface area (Å²) in [4.78, 5) is 58.6. The molecule has 6 rings (SSSR count). The number of rotatable bonds is 3. The number of carbonyl (C=O) groups excluding carboxylic acids is 4. The first kappa shape index (κ1) is 24.1. The van der Waals surface area contributed by atoms with Gasteiger partial charge in [-0.2, -0.15) is 0 Å². The predicted octanol–water partition coefficient (Wildman–Crippen LogP) is 0.815. The van der Waals surface area contributed by atoms with Crippen LogP contribution in [0.5, 0.6) is 0 Å². The van der Waals surface area contributed by atoms with E-state index in [0.717, 1.165) is 4.90 Å². The number of fused-ring (bicyclic) bond motifs is 5. The zero-order valence-corrected chi connectivity index (χ0v) is 20.5. The number of nitrogens with one attached hydrogen (secondary N) is 2. The first-order valence-corrected chi connectivity index (χ1v) is 11.9. The minimum Gasteiger partial charge on any atom is -0.446 e. The number of oxime groups is 1. The number of anilines is 2. The monoisotopic (exact) mass is 530 g/mol. The van der Waals surface area contributed by atoms with Gasteiger partial charge in [0.1, 0.15) is 19.8 Å². The van der Waals surface area contributed by atoms with Crippen molar-refractivity contribution in [3.63, 3.8) is 0 Å². The summed E-state index contributed by atoms with van der Waals surface area (Å²) < 4.78 is 32.7. The van der Waals surface area contributed by atoms with Crippen molar-refractivity contribution in [3.8, 4) is 0 Å². The zero-order valence-electron chi connectivity index (χ0n) is 20.5. The summed E-state index contributed by atoms with van der Waals surface area (Å²) in [5, 5.41) is 12.2. The molecule has 38 heavy (non-hydrogen) atoms. The maximum Gasteiger partial charge on any atom is 0.416 e. The number of ether oxygens (including phenoxy) is 2. The molecule has 4 atom stereocenters. The first-order chi connectivity index (χ1) is 18.2. The second-order valence-electron chi connectivity index (χ2n) is 9.67. The lowest BCUT2D eigenvalue weighted by Gasteiger charge is -2.55. The third-order valence-corrected chi connectivity index (χ3v) is 7.42. The lowest BCUT2D eigenvalue weighted by molar-refractivity contribution is -0.153. The average Bonchev–Trinajstić information content (AvgIpc) is 3.43. The topological polar surface area (TPSA) is 165 Å². The number of hydrogen-bond acceptors (Lipinski definition) is 11. The SMILES string of the molecule is CON=C[C@H]1COC(=O)N1c1noc2c(F)c3c(cc12)CC1(C(=O)NC(=O)NC1=O)[C@H]1[C@H](C)O[C@H](C)CN31. The van der Waals surface area contributed by atoms with Gasteiger partial charge < -0.3 is 23.7 Å². The van der Waals surface area contributed by atoms with Gasteiger partial charge in [0.15, 0.2) is 17.1 Å². The summed E-state index contributed by atoms with van der Waals surface area (Å²) in [5.74, 6) is -2.40. The Morgan fingerprint density at radius 1 is 1.24 bits per heavy atom. The van der Waals surface area contributed by atoms with Gasteiger partial charge in [-0.05, 0) is 25.5 Å². The van der Waals surface area contributed by atoms with E-state index in [-0.39, 0.29) is 48.2 Å². The van der Waals surface area contributed by atoms with Gasteiger partial charge in [0.05, 0.1) is 35.5 Å². The highest BCUT2D eigenvalue weighted by Gasteiger charge is 2.63. The summed E-state index contributed by atoms with van der Waals surface area (Å²) in [5.41, 5.74) is -1.57. The molecule has 0 aliphatic carbocycles. The molecule has 3 fully saturated rings. The number of amides is 5. The molecule has 14 nitrogen and oxygen atoms in total. The van der Waals surface area contributed by atoms with Gasteiger partial charge in [-0.3, -0.25) is 20.2 Å². The summed E-state index contributed by atoms with van der Waals surface area (Å²) in [6.45, 7) is 3.61. The number of benzene rings is 1. The Morgan fingerprint density at radius 3 is 2.68 bits per heavy atom. The van der Waals surface area contributed by atoms with Crippen LogP contribution in [0.2, 0.25) is 0 Å². The highest BCUT2D eigenvalue weighted by molar-refractivity contribution is 6.20. The molecule has 200 valence electrons. The number of cyclic esters (lactones) is 1. The summed E-state index contributed by atoms with van der Waals surface area (Å²) in [6.07, 6.45) is -0.682. The molecule has 15 heteroatoms. The molecule has 4 aliphatic heterocycles. The Hall–Kier alpha value is -4.27. The Balaban J connectivity index is 1.55. The van der Waals surface area contributed by atoms with E-state index >= 15 is 4.39 Å². The van der Waals surface area contributed by atoms with Crippen LogP contribution in [0.1, 0.15) is 19.4 Å². The fourth-order valence-corrected chi connectivity index (χ4v) is 6.03. The Bertz CT molecular complexity index is 1400. The maximum absolute atomic E-state index is 16.2. The smallest absolute Gasteiger partial charge is 0.416 e. The van der Waals surface area contributed by atoms with E-state index in [1.165, 1.54) is 19.4 Å². The van der Waals surface area contributed by atoms with Crippen LogP contribution >= 0.6 is 0 Å². The van der Waals surface area contributed by atoms with Gasteiger partial charge in [0.2, 0.25) is 17.4 Å². The molecular formula is C23H23FN6O8. The third kappa shape index (κ3) is 3.20. The minimum absolute atomic E-state index is 0.0237. The molecule has 4 aliphatic rings. The molecule has 0 radical (unpaired) electrons. The largest absolute Gasteiger partial charge is 0.446 e. The normalized spacial score (nSPS) is 28.4. The van der Waals surface area contributed by atoms with E-state index in [4.69, 9.17) is 18.8 Å². The van der Waals surface area contributed by atoms with Crippen LogP contribution in [0.4, 0.5) is 25.5 Å². The van der Waals surface area contributed by atoms with Crippen molar-refractivity contribution < 1.29 is 42.4 Å². The van der Waals surface area contributed by atoms with E-state index in [1.54, 1.807) is 18.7 Å². The molecule has 2 aromatic rings. The van der Waals surface area contributed by atoms with Crippen LogP contribution in [-0.4, -0.2) is 79.9 Å². The lowest BCUT2D eigenvalue weighted by Crippen LogP contribution is -2.75. The van der Waals surface area contributed by atoms with E-state index < -0.39 is 53.4 Å². The second kappa shape index (κ2) is 8.37. The Labute approximate surface area is 214 Å². The maximum atomic E-state index is 16.2. The molecule has 5 heterocycles. The molecule has 5 amide bonds. The number of nitrogens with zero attached hydrogens (tertiary/aromatic N) is 4. The molecule has 0 unspecified atom stereocenters.